The second-order valence-electron chi connectivity index (χ2n) is 4.41. The molecule has 1 fully saturated rings. The summed E-state index contributed by atoms with van der Waals surface area (Å²) >= 11 is 0. The number of ether oxygens (including phenoxy) is 1. The van der Waals surface area contributed by atoms with Crippen LogP contribution in [0, 0.1) is 5.92 Å². The van der Waals surface area contributed by atoms with E-state index >= 15 is 0 Å². The van der Waals surface area contributed by atoms with Crippen LogP contribution in [-0.2, 0) is 4.74 Å². The highest BCUT2D eigenvalue weighted by molar-refractivity contribution is 4.93. The fraction of sp³-hybridized carbons (Fsp3) is 0.833. The molecule has 1 saturated heterocycles. The van der Waals surface area contributed by atoms with Crippen LogP contribution in [0.5, 0.6) is 0 Å². The van der Waals surface area contributed by atoms with Gasteiger partial charge in [0.1, 0.15) is 0 Å². The largest absolute Gasteiger partial charge is 0.377 e. The zero-order valence-electron chi connectivity index (χ0n) is 8.87. The van der Waals surface area contributed by atoms with Crippen molar-refractivity contribution in [2.24, 2.45) is 5.92 Å². The van der Waals surface area contributed by atoms with Gasteiger partial charge in [-0.05, 0) is 38.0 Å². The van der Waals surface area contributed by atoms with Gasteiger partial charge < -0.3 is 10.1 Å². The predicted molar refractivity (Wildman–Crippen MR) is 58.3 cm³/mol. The molecule has 1 aliphatic heterocycles. The summed E-state index contributed by atoms with van der Waals surface area (Å²) in [5.74, 6) is 0.769. The smallest absolute Gasteiger partial charge is 0.0700 e. The summed E-state index contributed by atoms with van der Waals surface area (Å²) in [6.45, 7) is 3.15. The van der Waals surface area contributed by atoms with Gasteiger partial charge in [0.2, 0.25) is 0 Å². The fourth-order valence-corrected chi connectivity index (χ4v) is 2.29. The molecule has 14 heavy (non-hydrogen) atoms. The second kappa shape index (κ2) is 5.52. The SMILES string of the molecule is C1=CC(CNCC2CCCO2)CCC1. The zero-order valence-corrected chi connectivity index (χ0v) is 8.87. The van der Waals surface area contributed by atoms with Crippen LogP contribution in [0.15, 0.2) is 12.2 Å². The summed E-state index contributed by atoms with van der Waals surface area (Å²) in [4.78, 5) is 0. The third-order valence-electron chi connectivity index (χ3n) is 3.16. The van der Waals surface area contributed by atoms with Gasteiger partial charge in [-0.25, -0.2) is 0 Å². The normalized spacial score (nSPS) is 32.3. The first-order valence-corrected chi connectivity index (χ1v) is 5.94. The average molecular weight is 195 g/mol. The van der Waals surface area contributed by atoms with E-state index in [-0.39, 0.29) is 0 Å². The van der Waals surface area contributed by atoms with Crippen molar-refractivity contribution in [3.63, 3.8) is 0 Å². The van der Waals surface area contributed by atoms with Gasteiger partial charge in [0.15, 0.2) is 0 Å². The van der Waals surface area contributed by atoms with E-state index in [4.69, 9.17) is 4.74 Å². The van der Waals surface area contributed by atoms with Crippen LogP contribution in [0.25, 0.3) is 0 Å². The number of nitrogens with one attached hydrogen (secondary N) is 1. The van der Waals surface area contributed by atoms with E-state index in [9.17, 15) is 0 Å². The van der Waals surface area contributed by atoms with E-state index in [0.29, 0.717) is 6.10 Å². The summed E-state index contributed by atoms with van der Waals surface area (Å²) in [5, 5.41) is 3.52. The molecular formula is C12H21NO. The van der Waals surface area contributed by atoms with E-state index < -0.39 is 0 Å². The summed E-state index contributed by atoms with van der Waals surface area (Å²) in [6, 6.07) is 0. The molecule has 2 aliphatic rings. The standard InChI is InChI=1S/C12H21NO/c1-2-5-11(6-3-1)9-13-10-12-7-4-8-14-12/h2,5,11-13H,1,3-4,6-10H2. The van der Waals surface area contributed by atoms with Crippen molar-refractivity contribution in [3.05, 3.63) is 12.2 Å². The molecular weight excluding hydrogens is 174 g/mol. The molecule has 0 aromatic rings. The first kappa shape index (κ1) is 10.2. The Bertz CT molecular complexity index is 185. The van der Waals surface area contributed by atoms with E-state index in [1.54, 1.807) is 0 Å². The molecule has 2 atom stereocenters. The Labute approximate surface area is 86.7 Å². The third-order valence-corrected chi connectivity index (χ3v) is 3.16. The Morgan fingerprint density at radius 2 is 2.21 bits per heavy atom. The maximum Gasteiger partial charge on any atom is 0.0700 e. The monoisotopic (exact) mass is 195 g/mol. The van der Waals surface area contributed by atoms with Gasteiger partial charge in [-0.2, -0.15) is 0 Å². The summed E-state index contributed by atoms with van der Waals surface area (Å²) in [6.07, 6.45) is 11.7. The molecule has 2 rings (SSSR count). The van der Waals surface area contributed by atoms with Crippen molar-refractivity contribution < 1.29 is 4.74 Å². The fourth-order valence-electron chi connectivity index (χ4n) is 2.29. The number of allylic oxidation sites excluding steroid dienone is 1. The Morgan fingerprint density at radius 1 is 1.21 bits per heavy atom. The van der Waals surface area contributed by atoms with Gasteiger partial charge in [0, 0.05) is 19.7 Å². The Morgan fingerprint density at radius 3 is 2.93 bits per heavy atom. The Hall–Kier alpha value is -0.340. The second-order valence-corrected chi connectivity index (χ2v) is 4.41. The minimum atomic E-state index is 0.488. The van der Waals surface area contributed by atoms with Crippen LogP contribution in [0.3, 0.4) is 0 Å². The highest BCUT2D eigenvalue weighted by atomic mass is 16.5. The lowest BCUT2D eigenvalue weighted by molar-refractivity contribution is 0.109. The molecule has 0 radical (unpaired) electrons. The number of rotatable bonds is 4. The third kappa shape index (κ3) is 3.10. The lowest BCUT2D eigenvalue weighted by Gasteiger charge is -2.18. The van der Waals surface area contributed by atoms with Crippen molar-refractivity contribution in [3.8, 4) is 0 Å². The van der Waals surface area contributed by atoms with Crippen LogP contribution in [0.2, 0.25) is 0 Å². The van der Waals surface area contributed by atoms with Crippen LogP contribution < -0.4 is 5.32 Å². The summed E-state index contributed by atoms with van der Waals surface area (Å²) < 4.78 is 5.56. The lowest BCUT2D eigenvalue weighted by Crippen LogP contribution is -2.30. The molecule has 1 N–H and O–H groups in total. The van der Waals surface area contributed by atoms with Gasteiger partial charge in [-0.1, -0.05) is 12.2 Å². The van der Waals surface area contributed by atoms with Crippen LogP contribution in [0.1, 0.15) is 32.1 Å². The molecule has 2 nitrogen and oxygen atoms in total. The first-order chi connectivity index (χ1) is 6.95. The maximum absolute atomic E-state index is 5.56. The van der Waals surface area contributed by atoms with Gasteiger partial charge in [-0.3, -0.25) is 0 Å². The molecule has 0 spiro atoms. The Balaban J connectivity index is 1.57. The van der Waals surface area contributed by atoms with Gasteiger partial charge >= 0.3 is 0 Å². The van der Waals surface area contributed by atoms with Gasteiger partial charge in [0.05, 0.1) is 6.10 Å². The number of hydrogen-bond acceptors (Lipinski definition) is 2. The van der Waals surface area contributed by atoms with E-state index in [1.807, 2.05) is 0 Å². The van der Waals surface area contributed by atoms with Crippen molar-refractivity contribution in [1.82, 2.24) is 5.32 Å². The van der Waals surface area contributed by atoms with E-state index in [1.165, 1.54) is 32.1 Å². The minimum absolute atomic E-state index is 0.488. The van der Waals surface area contributed by atoms with Crippen molar-refractivity contribution in [2.75, 3.05) is 19.7 Å². The highest BCUT2D eigenvalue weighted by Gasteiger charge is 2.15. The van der Waals surface area contributed by atoms with Crippen LogP contribution in [0.4, 0.5) is 0 Å². The minimum Gasteiger partial charge on any atom is -0.377 e. The summed E-state index contributed by atoms with van der Waals surface area (Å²) in [5.41, 5.74) is 0. The first-order valence-electron chi connectivity index (χ1n) is 5.94. The highest BCUT2D eigenvalue weighted by Crippen LogP contribution is 2.16. The van der Waals surface area contributed by atoms with Crippen LogP contribution in [-0.4, -0.2) is 25.8 Å². The molecule has 1 heterocycles. The lowest BCUT2D eigenvalue weighted by atomic mass is 9.96. The molecule has 2 heteroatoms. The van der Waals surface area contributed by atoms with Crippen LogP contribution >= 0.6 is 0 Å². The topological polar surface area (TPSA) is 21.3 Å². The molecule has 0 aromatic carbocycles. The van der Waals surface area contributed by atoms with E-state index in [2.05, 4.69) is 17.5 Å². The zero-order chi connectivity index (χ0) is 9.64. The quantitative estimate of drug-likeness (QED) is 0.694. The molecule has 0 amide bonds. The van der Waals surface area contributed by atoms with Crippen molar-refractivity contribution in [1.29, 1.82) is 0 Å². The van der Waals surface area contributed by atoms with Crippen molar-refractivity contribution >= 4 is 0 Å². The average Bonchev–Trinajstić information content (AvgIpc) is 2.72. The predicted octanol–water partition coefficient (Wildman–Crippen LogP) is 2.11. The molecule has 1 aliphatic carbocycles. The van der Waals surface area contributed by atoms with Gasteiger partial charge in [-0.15, -0.1) is 0 Å². The number of hydrogen-bond donors (Lipinski definition) is 1. The van der Waals surface area contributed by atoms with Gasteiger partial charge in [0.25, 0.3) is 0 Å². The molecule has 80 valence electrons. The van der Waals surface area contributed by atoms with E-state index in [0.717, 1.165) is 25.6 Å². The maximum atomic E-state index is 5.56. The van der Waals surface area contributed by atoms with Crippen molar-refractivity contribution in [2.45, 2.75) is 38.2 Å². The molecule has 0 saturated carbocycles. The molecule has 2 unspecified atom stereocenters. The molecule has 0 bridgehead atoms. The summed E-state index contributed by atoms with van der Waals surface area (Å²) in [7, 11) is 0. The molecule has 0 aromatic heterocycles. The Kier molecular flexibility index (Phi) is 4.02.